The number of thiophene rings is 2. The average molecular weight is 417 g/mol. The average Bonchev–Trinajstić information content (AvgIpc) is 3.20. The number of amides is 1. The Morgan fingerprint density at radius 2 is 1.88 bits per heavy atom. The first kappa shape index (κ1) is 18.9. The molecule has 136 valence electrons. The number of hydrogen-bond donors (Lipinski definition) is 0. The smallest absolute Gasteiger partial charge is 0.265 e. The molecule has 0 saturated carbocycles. The third kappa shape index (κ3) is 3.66. The molecule has 3 rings (SSSR count). The molecule has 1 saturated heterocycles. The highest BCUT2D eigenvalue weighted by Gasteiger charge is 2.32. The molecule has 5 nitrogen and oxygen atoms in total. The topological polar surface area (TPSA) is 57.7 Å². The zero-order chi connectivity index (χ0) is 18.2. The van der Waals surface area contributed by atoms with Gasteiger partial charge in [-0.05, 0) is 37.6 Å². The molecule has 0 radical (unpaired) electrons. The van der Waals surface area contributed by atoms with Crippen molar-refractivity contribution in [2.24, 2.45) is 0 Å². The van der Waals surface area contributed by atoms with Gasteiger partial charge in [0.2, 0.25) is 10.0 Å². The van der Waals surface area contributed by atoms with Gasteiger partial charge in [0, 0.05) is 40.8 Å². The molecule has 1 fully saturated rings. The SMILES string of the molecule is CSc1ccsc1C(=O)N1CCN(S(=O)(=O)c2cc(C)sc2C)CC1. The minimum Gasteiger partial charge on any atom is -0.335 e. The van der Waals surface area contributed by atoms with E-state index in [4.69, 9.17) is 0 Å². The monoisotopic (exact) mass is 416 g/mol. The quantitative estimate of drug-likeness (QED) is 0.718. The molecule has 1 aliphatic rings. The highest BCUT2D eigenvalue weighted by Crippen LogP contribution is 2.30. The molecule has 1 aliphatic heterocycles. The lowest BCUT2D eigenvalue weighted by atomic mass is 10.3. The lowest BCUT2D eigenvalue weighted by Crippen LogP contribution is -2.50. The van der Waals surface area contributed by atoms with Crippen LogP contribution in [-0.4, -0.2) is 56.0 Å². The van der Waals surface area contributed by atoms with Crippen LogP contribution in [0.2, 0.25) is 0 Å². The van der Waals surface area contributed by atoms with E-state index in [9.17, 15) is 13.2 Å². The standard InChI is InChI=1S/C16H20N2O3S4/c1-11-10-14(12(2)24-11)25(20,21)18-7-5-17(6-8-18)16(19)15-13(22-3)4-9-23-15/h4,9-10H,5-8H2,1-3H3. The van der Waals surface area contributed by atoms with E-state index in [0.29, 0.717) is 31.1 Å². The molecule has 0 bridgehead atoms. The van der Waals surface area contributed by atoms with Gasteiger partial charge in [0.15, 0.2) is 0 Å². The molecule has 2 aromatic rings. The number of nitrogens with zero attached hydrogens (tertiary/aromatic N) is 2. The summed E-state index contributed by atoms with van der Waals surface area (Å²) in [5.74, 6) is -0.000966. The van der Waals surface area contributed by atoms with E-state index in [1.807, 2.05) is 31.5 Å². The Bertz CT molecular complexity index is 877. The van der Waals surface area contributed by atoms with Crippen molar-refractivity contribution in [2.75, 3.05) is 32.4 Å². The fourth-order valence-electron chi connectivity index (χ4n) is 2.89. The van der Waals surface area contributed by atoms with Crippen LogP contribution in [0.3, 0.4) is 0 Å². The number of sulfonamides is 1. The van der Waals surface area contributed by atoms with E-state index in [2.05, 4.69) is 0 Å². The number of piperazine rings is 1. The minimum atomic E-state index is -3.48. The minimum absolute atomic E-state index is 0.000966. The zero-order valence-corrected chi connectivity index (χ0v) is 17.6. The van der Waals surface area contributed by atoms with E-state index in [0.717, 1.165) is 19.5 Å². The lowest BCUT2D eigenvalue weighted by molar-refractivity contribution is 0.0699. The number of carbonyl (C=O) groups excluding carboxylic acids is 1. The maximum absolute atomic E-state index is 12.9. The number of carbonyl (C=O) groups is 1. The van der Waals surface area contributed by atoms with Crippen LogP contribution in [0.15, 0.2) is 27.3 Å². The third-order valence-electron chi connectivity index (χ3n) is 4.18. The van der Waals surface area contributed by atoms with Gasteiger partial charge in [-0.3, -0.25) is 4.79 Å². The molecule has 2 aromatic heterocycles. The molecule has 0 spiro atoms. The van der Waals surface area contributed by atoms with Crippen molar-refractivity contribution in [1.82, 2.24) is 9.21 Å². The second-order valence-corrected chi connectivity index (χ2v) is 10.9. The normalized spacial score (nSPS) is 16.4. The van der Waals surface area contributed by atoms with Gasteiger partial charge in [-0.15, -0.1) is 34.4 Å². The maximum atomic E-state index is 12.9. The Labute approximate surface area is 160 Å². The molecule has 0 atom stereocenters. The highest BCUT2D eigenvalue weighted by atomic mass is 32.2. The number of hydrogen-bond acceptors (Lipinski definition) is 6. The van der Waals surface area contributed by atoms with Gasteiger partial charge in [-0.2, -0.15) is 4.31 Å². The first-order chi connectivity index (χ1) is 11.8. The highest BCUT2D eigenvalue weighted by molar-refractivity contribution is 7.98. The molecule has 0 N–H and O–H groups in total. The molecule has 0 aromatic carbocycles. The number of thioether (sulfide) groups is 1. The Morgan fingerprint density at radius 3 is 2.44 bits per heavy atom. The number of aryl methyl sites for hydroxylation is 2. The van der Waals surface area contributed by atoms with Crippen LogP contribution >= 0.6 is 34.4 Å². The molecule has 25 heavy (non-hydrogen) atoms. The van der Waals surface area contributed by atoms with Crippen molar-refractivity contribution in [3.05, 3.63) is 32.1 Å². The summed E-state index contributed by atoms with van der Waals surface area (Å²) < 4.78 is 27.2. The zero-order valence-electron chi connectivity index (χ0n) is 14.3. The third-order valence-corrected chi connectivity index (χ3v) is 9.11. The van der Waals surface area contributed by atoms with Crippen LogP contribution in [0.4, 0.5) is 0 Å². The predicted octanol–water partition coefficient (Wildman–Crippen LogP) is 3.30. The molecular formula is C16H20N2O3S4. The van der Waals surface area contributed by atoms with Crippen LogP contribution in [0.5, 0.6) is 0 Å². The Balaban J connectivity index is 1.71. The van der Waals surface area contributed by atoms with E-state index in [1.165, 1.54) is 27.0 Å². The molecule has 3 heterocycles. The summed E-state index contributed by atoms with van der Waals surface area (Å²) in [4.78, 5) is 18.4. The van der Waals surface area contributed by atoms with Crippen molar-refractivity contribution >= 4 is 50.4 Å². The number of rotatable bonds is 4. The summed E-state index contributed by atoms with van der Waals surface area (Å²) in [5.41, 5.74) is 0. The Kier molecular flexibility index (Phi) is 5.60. The van der Waals surface area contributed by atoms with Gasteiger partial charge in [0.05, 0.1) is 4.90 Å². The van der Waals surface area contributed by atoms with Crippen molar-refractivity contribution < 1.29 is 13.2 Å². The molecule has 0 aliphatic carbocycles. The van der Waals surface area contributed by atoms with Crippen LogP contribution in [0, 0.1) is 13.8 Å². The first-order valence-electron chi connectivity index (χ1n) is 7.82. The fraction of sp³-hybridized carbons (Fsp3) is 0.438. The predicted molar refractivity (Wildman–Crippen MR) is 105 cm³/mol. The van der Waals surface area contributed by atoms with Gasteiger partial charge in [0.1, 0.15) is 4.88 Å². The van der Waals surface area contributed by atoms with Crippen molar-refractivity contribution in [1.29, 1.82) is 0 Å². The van der Waals surface area contributed by atoms with Gasteiger partial charge < -0.3 is 4.90 Å². The van der Waals surface area contributed by atoms with Crippen molar-refractivity contribution in [2.45, 2.75) is 23.6 Å². The summed E-state index contributed by atoms with van der Waals surface area (Å²) in [5, 5.41) is 1.92. The van der Waals surface area contributed by atoms with Gasteiger partial charge in [-0.1, -0.05) is 0 Å². The Morgan fingerprint density at radius 1 is 1.20 bits per heavy atom. The van der Waals surface area contributed by atoms with E-state index >= 15 is 0 Å². The van der Waals surface area contributed by atoms with E-state index < -0.39 is 10.0 Å². The summed E-state index contributed by atoms with van der Waals surface area (Å²) in [6.45, 7) is 5.27. The summed E-state index contributed by atoms with van der Waals surface area (Å²) in [6.07, 6.45) is 1.95. The Hall–Kier alpha value is -0.870. The van der Waals surface area contributed by atoms with Crippen LogP contribution in [0.25, 0.3) is 0 Å². The van der Waals surface area contributed by atoms with Crippen LogP contribution in [-0.2, 0) is 10.0 Å². The van der Waals surface area contributed by atoms with Crippen molar-refractivity contribution in [3.63, 3.8) is 0 Å². The molecular weight excluding hydrogens is 396 g/mol. The second-order valence-electron chi connectivity index (χ2n) is 5.79. The van der Waals surface area contributed by atoms with E-state index in [1.54, 1.807) is 22.7 Å². The summed E-state index contributed by atoms with van der Waals surface area (Å²) >= 11 is 4.50. The van der Waals surface area contributed by atoms with Gasteiger partial charge in [-0.25, -0.2) is 8.42 Å². The largest absolute Gasteiger partial charge is 0.335 e. The lowest BCUT2D eigenvalue weighted by Gasteiger charge is -2.33. The van der Waals surface area contributed by atoms with E-state index in [-0.39, 0.29) is 5.91 Å². The maximum Gasteiger partial charge on any atom is 0.265 e. The van der Waals surface area contributed by atoms with Crippen LogP contribution < -0.4 is 0 Å². The van der Waals surface area contributed by atoms with Gasteiger partial charge >= 0.3 is 0 Å². The molecule has 1 amide bonds. The molecule has 9 heteroatoms. The van der Waals surface area contributed by atoms with Crippen molar-refractivity contribution in [3.8, 4) is 0 Å². The first-order valence-corrected chi connectivity index (χ1v) is 12.2. The fourth-order valence-corrected chi connectivity index (χ4v) is 7.55. The van der Waals surface area contributed by atoms with Gasteiger partial charge in [0.25, 0.3) is 5.91 Å². The summed E-state index contributed by atoms with van der Waals surface area (Å²) in [6, 6.07) is 3.69. The summed E-state index contributed by atoms with van der Waals surface area (Å²) in [7, 11) is -3.48. The second kappa shape index (κ2) is 7.40. The van der Waals surface area contributed by atoms with Crippen LogP contribution in [0.1, 0.15) is 19.4 Å². The molecule has 0 unspecified atom stereocenters.